The maximum atomic E-state index is 12.5. The van der Waals surface area contributed by atoms with Crippen LogP contribution in [0.2, 0.25) is 0 Å². The zero-order valence-electron chi connectivity index (χ0n) is 21.4. The van der Waals surface area contributed by atoms with E-state index in [1.165, 1.54) is 0 Å². The summed E-state index contributed by atoms with van der Waals surface area (Å²) >= 11 is 0. The minimum Gasteiger partial charge on any atom is -0.465 e. The number of hydrogen-bond acceptors (Lipinski definition) is 5. The fourth-order valence-electron chi connectivity index (χ4n) is 4.06. The van der Waals surface area contributed by atoms with Crippen molar-refractivity contribution in [2.75, 3.05) is 0 Å². The molecule has 0 saturated carbocycles. The van der Waals surface area contributed by atoms with Gasteiger partial charge in [-0.1, -0.05) is 60.7 Å². The number of nitrogens with zero attached hydrogens (tertiary/aromatic N) is 1. The summed E-state index contributed by atoms with van der Waals surface area (Å²) in [6, 6.07) is 21.6. The predicted molar refractivity (Wildman–Crippen MR) is 142 cm³/mol. The molecule has 1 heterocycles. The number of aliphatic hydroxyl groups is 1. The maximum absolute atomic E-state index is 12.5. The largest absolute Gasteiger partial charge is 0.465 e. The quantitative estimate of drug-likeness (QED) is 0.314. The third-order valence-electron chi connectivity index (χ3n) is 5.72. The smallest absolute Gasteiger partial charge is 0.407 e. The van der Waals surface area contributed by atoms with Crippen LogP contribution < -0.4 is 10.6 Å². The van der Waals surface area contributed by atoms with Crippen LogP contribution >= 0.6 is 0 Å². The summed E-state index contributed by atoms with van der Waals surface area (Å²) in [5, 5.41) is 25.9. The van der Waals surface area contributed by atoms with Crippen molar-refractivity contribution < 1.29 is 24.5 Å². The number of alkyl carbamates (subject to hydrolysis) is 1. The van der Waals surface area contributed by atoms with Crippen molar-refractivity contribution in [1.82, 2.24) is 15.6 Å². The molecule has 196 valence electrons. The van der Waals surface area contributed by atoms with E-state index in [0.717, 1.165) is 22.4 Å². The van der Waals surface area contributed by atoms with E-state index in [2.05, 4.69) is 15.6 Å². The molecule has 37 heavy (non-hydrogen) atoms. The van der Waals surface area contributed by atoms with Gasteiger partial charge in [0.05, 0.1) is 17.8 Å². The zero-order valence-corrected chi connectivity index (χ0v) is 21.4. The average molecular weight is 506 g/mol. The Morgan fingerprint density at radius 3 is 2.14 bits per heavy atom. The third kappa shape index (κ3) is 9.57. The molecule has 4 N–H and O–H groups in total. The number of aliphatic hydroxyl groups excluding tert-OH is 1. The molecule has 2 amide bonds. The van der Waals surface area contributed by atoms with Crippen molar-refractivity contribution in [2.45, 2.75) is 63.8 Å². The summed E-state index contributed by atoms with van der Waals surface area (Å²) in [6.45, 7) is 5.30. The van der Waals surface area contributed by atoms with Crippen molar-refractivity contribution in [3.8, 4) is 11.3 Å². The van der Waals surface area contributed by atoms with E-state index >= 15 is 0 Å². The van der Waals surface area contributed by atoms with Gasteiger partial charge in [-0.15, -0.1) is 0 Å². The van der Waals surface area contributed by atoms with E-state index in [-0.39, 0.29) is 6.42 Å². The Hall–Kier alpha value is -3.91. The number of carboxylic acid groups (broad SMARTS) is 1. The van der Waals surface area contributed by atoms with E-state index in [9.17, 15) is 19.8 Å². The summed E-state index contributed by atoms with van der Waals surface area (Å²) < 4.78 is 5.39. The molecule has 0 aliphatic carbocycles. The molecule has 3 atom stereocenters. The predicted octanol–water partition coefficient (Wildman–Crippen LogP) is 4.81. The molecule has 0 radical (unpaired) electrons. The molecule has 0 aliphatic heterocycles. The third-order valence-corrected chi connectivity index (χ3v) is 5.72. The minimum absolute atomic E-state index is 0.0988. The standard InChI is InChI=1S/C29H35N3O5/c1-29(2,3)37-28(36)32-25(18-20-9-5-4-6-10-20)26(33)19-23(31-27(34)35)17-21-12-14-22(15-13-21)24-11-7-8-16-30-24/h4-16,23,25-26,31,33H,17-19H2,1-3H3,(H,32,36)(H,34,35)/t23-,25-,26-/m0/s1. The van der Waals surface area contributed by atoms with Crippen LogP contribution in [-0.4, -0.2) is 51.2 Å². The number of amides is 2. The van der Waals surface area contributed by atoms with Crippen LogP contribution in [0.15, 0.2) is 79.0 Å². The first-order valence-electron chi connectivity index (χ1n) is 12.3. The van der Waals surface area contributed by atoms with Gasteiger partial charge in [-0.25, -0.2) is 9.59 Å². The van der Waals surface area contributed by atoms with E-state index in [0.29, 0.717) is 12.8 Å². The normalized spacial score (nSPS) is 13.7. The lowest BCUT2D eigenvalue weighted by atomic mass is 9.93. The molecule has 8 heteroatoms. The van der Waals surface area contributed by atoms with E-state index in [1.54, 1.807) is 27.0 Å². The molecule has 2 aromatic carbocycles. The van der Waals surface area contributed by atoms with Gasteiger partial charge in [0, 0.05) is 17.8 Å². The molecule has 0 unspecified atom stereocenters. The minimum atomic E-state index is -1.18. The van der Waals surface area contributed by atoms with Crippen LogP contribution in [0.1, 0.15) is 38.3 Å². The Morgan fingerprint density at radius 1 is 0.892 bits per heavy atom. The monoisotopic (exact) mass is 505 g/mol. The van der Waals surface area contributed by atoms with Crippen molar-refractivity contribution in [3.05, 3.63) is 90.1 Å². The number of benzene rings is 2. The van der Waals surface area contributed by atoms with E-state index < -0.39 is 36.0 Å². The summed E-state index contributed by atoms with van der Waals surface area (Å²) in [6.07, 6.45) is -0.286. The molecule has 0 aliphatic rings. The van der Waals surface area contributed by atoms with Gasteiger partial charge in [0.1, 0.15) is 5.60 Å². The topological polar surface area (TPSA) is 121 Å². The van der Waals surface area contributed by atoms with Crippen molar-refractivity contribution in [1.29, 1.82) is 0 Å². The number of ether oxygens (including phenoxy) is 1. The fraction of sp³-hybridized carbons (Fsp3) is 0.345. The highest BCUT2D eigenvalue weighted by Crippen LogP contribution is 2.19. The SMILES string of the molecule is CC(C)(C)OC(=O)N[C@@H](Cc1ccccc1)[C@@H](O)C[C@H](Cc1ccc(-c2ccccn2)cc1)NC(=O)O. The molecule has 0 saturated heterocycles. The number of hydrogen-bond donors (Lipinski definition) is 4. The highest BCUT2D eigenvalue weighted by atomic mass is 16.6. The summed E-state index contributed by atoms with van der Waals surface area (Å²) in [4.78, 5) is 28.4. The van der Waals surface area contributed by atoms with Crippen molar-refractivity contribution >= 4 is 12.2 Å². The van der Waals surface area contributed by atoms with Crippen LogP contribution in [0.5, 0.6) is 0 Å². The van der Waals surface area contributed by atoms with Crippen molar-refractivity contribution in [3.63, 3.8) is 0 Å². The number of nitrogens with one attached hydrogen (secondary N) is 2. The Balaban J connectivity index is 1.73. The first-order chi connectivity index (χ1) is 17.6. The van der Waals surface area contributed by atoms with Crippen LogP contribution in [0.3, 0.4) is 0 Å². The maximum Gasteiger partial charge on any atom is 0.407 e. The van der Waals surface area contributed by atoms with Gasteiger partial charge in [-0.05, 0) is 63.3 Å². The molecule has 0 fully saturated rings. The highest BCUT2D eigenvalue weighted by molar-refractivity contribution is 5.68. The van der Waals surface area contributed by atoms with Gasteiger partial charge in [-0.3, -0.25) is 4.98 Å². The zero-order chi connectivity index (χ0) is 26.8. The van der Waals surface area contributed by atoms with Crippen LogP contribution in [0.25, 0.3) is 11.3 Å². The number of pyridine rings is 1. The Kier molecular flexibility index (Phi) is 9.63. The molecule has 3 rings (SSSR count). The lowest BCUT2D eigenvalue weighted by molar-refractivity contribution is 0.0400. The molecule has 3 aromatic rings. The number of carbonyl (C=O) groups excluding carboxylic acids is 1. The average Bonchev–Trinajstić information content (AvgIpc) is 2.84. The van der Waals surface area contributed by atoms with Gasteiger partial charge in [-0.2, -0.15) is 0 Å². The lowest BCUT2D eigenvalue weighted by Crippen LogP contribution is -2.49. The Bertz CT molecular complexity index is 1130. The molecular weight excluding hydrogens is 470 g/mol. The second kappa shape index (κ2) is 12.9. The summed E-state index contributed by atoms with van der Waals surface area (Å²) in [5.74, 6) is 0. The number of rotatable bonds is 10. The van der Waals surface area contributed by atoms with Crippen LogP contribution in [0.4, 0.5) is 9.59 Å². The Labute approximate surface area is 217 Å². The molecule has 8 nitrogen and oxygen atoms in total. The summed E-state index contributed by atoms with van der Waals surface area (Å²) in [5.41, 5.74) is 2.94. The van der Waals surface area contributed by atoms with Gasteiger partial charge < -0.3 is 25.6 Å². The van der Waals surface area contributed by atoms with E-state index in [4.69, 9.17) is 4.74 Å². The van der Waals surface area contributed by atoms with E-state index in [1.807, 2.05) is 72.8 Å². The molecular formula is C29H35N3O5. The molecule has 1 aromatic heterocycles. The van der Waals surface area contributed by atoms with Gasteiger partial charge in [0.15, 0.2) is 0 Å². The fourth-order valence-corrected chi connectivity index (χ4v) is 4.06. The van der Waals surface area contributed by atoms with Gasteiger partial charge >= 0.3 is 12.2 Å². The molecule has 0 spiro atoms. The Morgan fingerprint density at radius 2 is 1.54 bits per heavy atom. The van der Waals surface area contributed by atoms with Gasteiger partial charge in [0.25, 0.3) is 0 Å². The van der Waals surface area contributed by atoms with Gasteiger partial charge in [0.2, 0.25) is 0 Å². The first-order valence-corrected chi connectivity index (χ1v) is 12.3. The van der Waals surface area contributed by atoms with Crippen LogP contribution in [-0.2, 0) is 17.6 Å². The lowest BCUT2D eigenvalue weighted by Gasteiger charge is -2.29. The van der Waals surface area contributed by atoms with Crippen LogP contribution in [0, 0.1) is 0 Å². The van der Waals surface area contributed by atoms with Crippen molar-refractivity contribution in [2.24, 2.45) is 0 Å². The number of carbonyl (C=O) groups is 2. The summed E-state index contributed by atoms with van der Waals surface area (Å²) in [7, 11) is 0. The molecule has 0 bridgehead atoms. The number of aromatic nitrogens is 1. The highest BCUT2D eigenvalue weighted by Gasteiger charge is 2.28. The second-order valence-corrected chi connectivity index (χ2v) is 10.0. The second-order valence-electron chi connectivity index (χ2n) is 10.0. The first kappa shape index (κ1) is 27.7.